The number of carbonyl (C=O) groups is 2. The Morgan fingerprint density at radius 2 is 1.62 bits per heavy atom. The van der Waals surface area contributed by atoms with Crippen molar-refractivity contribution in [3.8, 4) is 0 Å². The number of nitrogens with zero attached hydrogens (tertiary/aromatic N) is 3. The van der Waals surface area contributed by atoms with E-state index in [1.165, 1.54) is 49.8 Å². The molecule has 1 aromatic heterocycles. The second-order valence-electron chi connectivity index (χ2n) is 10.3. The van der Waals surface area contributed by atoms with Gasteiger partial charge in [-0.2, -0.15) is 5.21 Å². The van der Waals surface area contributed by atoms with Crippen molar-refractivity contribution in [3.63, 3.8) is 0 Å². The number of hydrogen-bond donors (Lipinski definition) is 4. The van der Waals surface area contributed by atoms with Crippen LogP contribution in [0.5, 0.6) is 0 Å². The summed E-state index contributed by atoms with van der Waals surface area (Å²) in [7, 11) is -3.42. The normalized spacial score (nSPS) is 14.6. The summed E-state index contributed by atoms with van der Waals surface area (Å²) in [6, 6.07) is 20.3. The van der Waals surface area contributed by atoms with E-state index in [2.05, 4.69) is 48.7 Å². The van der Waals surface area contributed by atoms with Crippen molar-refractivity contribution in [1.29, 1.82) is 0 Å². The zero-order valence-electron chi connectivity index (χ0n) is 23.2. The molecule has 0 bridgehead atoms. The van der Waals surface area contributed by atoms with Crippen LogP contribution >= 0.6 is 0 Å². The first-order valence-corrected chi connectivity index (χ1v) is 15.6. The van der Waals surface area contributed by atoms with Crippen molar-refractivity contribution >= 4 is 33.4 Å². The molecule has 5 rings (SSSR count). The van der Waals surface area contributed by atoms with E-state index in [9.17, 15) is 18.0 Å². The molecule has 11 nitrogen and oxygen atoms in total. The molecule has 0 aliphatic heterocycles. The van der Waals surface area contributed by atoms with Crippen LogP contribution < -0.4 is 16.0 Å². The van der Waals surface area contributed by atoms with Gasteiger partial charge in [-0.3, -0.25) is 10.1 Å². The first-order chi connectivity index (χ1) is 20.3. The summed E-state index contributed by atoms with van der Waals surface area (Å²) in [5, 5.41) is 21.5. The third kappa shape index (κ3) is 7.00. The Kier molecular flexibility index (Phi) is 8.91. The molecule has 3 amide bonds. The minimum atomic E-state index is -3.42. The van der Waals surface area contributed by atoms with Gasteiger partial charge in [-0.15, -0.1) is 5.10 Å². The number of carbonyl (C=O) groups excluding carboxylic acids is 2. The van der Waals surface area contributed by atoms with Gasteiger partial charge in [0.25, 0.3) is 11.9 Å². The van der Waals surface area contributed by atoms with Gasteiger partial charge in [-0.05, 0) is 71.0 Å². The number of urea groups is 1. The predicted octanol–water partition coefficient (Wildman–Crippen LogP) is 5.20. The maximum Gasteiger partial charge on any atom is 0.319 e. The van der Waals surface area contributed by atoms with E-state index < -0.39 is 27.8 Å². The van der Waals surface area contributed by atoms with E-state index in [4.69, 9.17) is 0 Å². The molecular formula is C30H33N7O4S. The number of benzene rings is 3. The van der Waals surface area contributed by atoms with E-state index in [-0.39, 0.29) is 16.6 Å². The number of aromatic nitrogens is 4. The lowest BCUT2D eigenvalue weighted by Gasteiger charge is -2.24. The van der Waals surface area contributed by atoms with Gasteiger partial charge in [0.15, 0.2) is 9.84 Å². The molecule has 1 saturated carbocycles. The molecule has 42 heavy (non-hydrogen) atoms. The molecule has 1 unspecified atom stereocenters. The minimum absolute atomic E-state index is 0.0370. The molecule has 1 aliphatic carbocycles. The van der Waals surface area contributed by atoms with Crippen molar-refractivity contribution in [1.82, 2.24) is 25.9 Å². The number of rotatable bonds is 9. The molecule has 4 aromatic rings. The Morgan fingerprint density at radius 1 is 0.929 bits per heavy atom. The fraction of sp³-hybridized carbons (Fsp3) is 0.300. The zero-order chi connectivity index (χ0) is 29.5. The predicted molar refractivity (Wildman–Crippen MR) is 159 cm³/mol. The Balaban J connectivity index is 1.38. The first-order valence-electron chi connectivity index (χ1n) is 14.0. The highest BCUT2D eigenvalue weighted by Crippen LogP contribution is 2.33. The highest BCUT2D eigenvalue weighted by Gasteiger charge is 2.21. The van der Waals surface area contributed by atoms with E-state index >= 15 is 0 Å². The number of aromatic amines is 1. The van der Waals surface area contributed by atoms with Crippen LogP contribution in [0.4, 0.5) is 16.4 Å². The topological polar surface area (TPSA) is 159 Å². The lowest BCUT2D eigenvalue weighted by molar-refractivity contribution is 0.102. The smallest absolute Gasteiger partial charge is 0.319 e. The Hall–Kier alpha value is -4.58. The van der Waals surface area contributed by atoms with E-state index in [1.807, 2.05) is 12.1 Å². The van der Waals surface area contributed by atoms with Gasteiger partial charge in [-0.1, -0.05) is 73.7 Å². The second-order valence-corrected chi connectivity index (χ2v) is 12.6. The summed E-state index contributed by atoms with van der Waals surface area (Å²) in [6.45, 7) is 1.58. The molecule has 12 heteroatoms. The lowest BCUT2D eigenvalue weighted by Crippen LogP contribution is -2.33. The molecule has 0 radical (unpaired) electrons. The maximum absolute atomic E-state index is 13.2. The third-order valence-corrected chi connectivity index (χ3v) is 9.26. The van der Waals surface area contributed by atoms with E-state index in [0.717, 1.165) is 11.1 Å². The van der Waals surface area contributed by atoms with Crippen molar-refractivity contribution in [3.05, 3.63) is 95.1 Å². The average molecular weight is 588 g/mol. The summed E-state index contributed by atoms with van der Waals surface area (Å²) in [5.74, 6) is 0.175. The standard InChI is InChI=1S/C30H33N7O4S/c1-2-42(40,41)26-10-6-9-25(19-26)31-30(39)32-27(22-13-11-21(12-14-22)20-7-4-3-5-8-20)23-15-17-24(18-16-23)28(38)33-29-34-36-37-35-29/h6,9-20,27H,2-5,7-8H2,1H3,(H2,31,32,39)(H2,33,34,35,36,37,38). The van der Waals surface area contributed by atoms with Crippen LogP contribution in [0.25, 0.3) is 0 Å². The van der Waals surface area contributed by atoms with Crippen LogP contribution in [-0.4, -0.2) is 46.7 Å². The van der Waals surface area contributed by atoms with Crippen molar-refractivity contribution in [2.75, 3.05) is 16.4 Å². The summed E-state index contributed by atoms with van der Waals surface area (Å²) in [6.07, 6.45) is 6.13. The quantitative estimate of drug-likeness (QED) is 0.209. The molecule has 3 aromatic carbocycles. The van der Waals surface area contributed by atoms with E-state index in [1.54, 1.807) is 43.3 Å². The van der Waals surface area contributed by atoms with Crippen molar-refractivity contribution in [2.45, 2.75) is 55.9 Å². The molecule has 1 atom stereocenters. The number of sulfone groups is 1. The van der Waals surface area contributed by atoms with Crippen LogP contribution in [-0.2, 0) is 9.84 Å². The Bertz CT molecular complexity index is 1620. The third-order valence-electron chi connectivity index (χ3n) is 7.53. The van der Waals surface area contributed by atoms with E-state index in [0.29, 0.717) is 17.2 Å². The van der Waals surface area contributed by atoms with Crippen LogP contribution in [0.3, 0.4) is 0 Å². The van der Waals surface area contributed by atoms with Gasteiger partial charge in [0.2, 0.25) is 0 Å². The van der Waals surface area contributed by atoms with Gasteiger partial charge in [0, 0.05) is 11.3 Å². The van der Waals surface area contributed by atoms with Crippen molar-refractivity contribution < 1.29 is 18.0 Å². The summed E-state index contributed by atoms with van der Waals surface area (Å²) in [5.41, 5.74) is 3.67. The molecule has 1 fully saturated rings. The van der Waals surface area contributed by atoms with Gasteiger partial charge in [0.05, 0.1) is 16.7 Å². The zero-order valence-corrected chi connectivity index (χ0v) is 24.0. The van der Waals surface area contributed by atoms with Crippen molar-refractivity contribution in [2.24, 2.45) is 0 Å². The average Bonchev–Trinajstić information content (AvgIpc) is 3.54. The number of H-pyrrole nitrogens is 1. The molecule has 218 valence electrons. The van der Waals surface area contributed by atoms with Crippen LogP contribution in [0, 0.1) is 0 Å². The van der Waals surface area contributed by atoms with Gasteiger partial charge in [0.1, 0.15) is 0 Å². The summed E-state index contributed by atoms with van der Waals surface area (Å²) < 4.78 is 24.6. The second kappa shape index (κ2) is 12.9. The fourth-order valence-electron chi connectivity index (χ4n) is 5.20. The lowest BCUT2D eigenvalue weighted by atomic mass is 9.83. The van der Waals surface area contributed by atoms with Gasteiger partial charge >= 0.3 is 6.03 Å². The number of tetrazole rings is 1. The molecule has 0 saturated heterocycles. The largest absolute Gasteiger partial charge is 0.327 e. The molecule has 0 spiro atoms. The highest BCUT2D eigenvalue weighted by molar-refractivity contribution is 7.91. The molecule has 4 N–H and O–H groups in total. The Morgan fingerprint density at radius 3 is 2.26 bits per heavy atom. The fourth-order valence-corrected chi connectivity index (χ4v) is 6.13. The SMILES string of the molecule is CCS(=O)(=O)c1cccc(NC(=O)NC(c2ccc(C(=O)Nc3nn[nH]n3)cc2)c2ccc(C3CCCCC3)cc2)c1. The molecule has 1 aliphatic rings. The summed E-state index contributed by atoms with van der Waals surface area (Å²) in [4.78, 5) is 26.0. The Labute approximate surface area is 244 Å². The first kappa shape index (κ1) is 28.9. The molecule has 1 heterocycles. The number of hydrogen-bond acceptors (Lipinski definition) is 7. The van der Waals surface area contributed by atoms with Crippen LogP contribution in [0.15, 0.2) is 77.7 Å². The monoisotopic (exact) mass is 587 g/mol. The minimum Gasteiger partial charge on any atom is -0.327 e. The van der Waals surface area contributed by atoms with Crippen LogP contribution in [0.2, 0.25) is 0 Å². The maximum atomic E-state index is 13.2. The highest BCUT2D eigenvalue weighted by atomic mass is 32.2. The summed E-state index contributed by atoms with van der Waals surface area (Å²) >= 11 is 0. The molecular weight excluding hydrogens is 554 g/mol. The van der Waals surface area contributed by atoms with Crippen LogP contribution in [0.1, 0.15) is 78.0 Å². The van der Waals surface area contributed by atoms with Gasteiger partial charge < -0.3 is 10.6 Å². The number of anilines is 2. The van der Waals surface area contributed by atoms with Gasteiger partial charge in [-0.25, -0.2) is 13.2 Å². The number of amides is 3. The number of nitrogens with one attached hydrogen (secondary N) is 4.